The average molecular weight is 863 g/mol. The van der Waals surface area contributed by atoms with Gasteiger partial charge in [0.1, 0.15) is 10.5 Å². The summed E-state index contributed by atoms with van der Waals surface area (Å²) in [7, 11) is 0. The van der Waals surface area contributed by atoms with E-state index in [-0.39, 0.29) is 36.5 Å². The summed E-state index contributed by atoms with van der Waals surface area (Å²) in [6.07, 6.45) is 1.11. The van der Waals surface area contributed by atoms with Gasteiger partial charge in [0, 0.05) is 34.9 Å². The third-order valence-electron chi connectivity index (χ3n) is 8.05. The Labute approximate surface area is 327 Å². The Bertz CT molecular complexity index is 1860. The maximum absolute atomic E-state index is 13.7. The fourth-order valence-corrected chi connectivity index (χ4v) is 8.63. The van der Waals surface area contributed by atoms with E-state index in [0.29, 0.717) is 59.0 Å². The molecule has 2 heterocycles. The van der Waals surface area contributed by atoms with Gasteiger partial charge in [-0.05, 0) is 93.2 Å². The summed E-state index contributed by atoms with van der Waals surface area (Å²) in [6, 6.07) is 33.4. The Morgan fingerprint density at radius 3 is 1.33 bits per heavy atom. The second-order valence-corrected chi connectivity index (χ2v) is 15.9. The van der Waals surface area contributed by atoms with Crippen molar-refractivity contribution in [2.24, 2.45) is 9.98 Å². The van der Waals surface area contributed by atoms with E-state index in [0.717, 1.165) is 8.95 Å². The summed E-state index contributed by atoms with van der Waals surface area (Å²) in [5.74, 6) is -0.906. The number of anilines is 2. The molecule has 2 N–H and O–H groups in total. The van der Waals surface area contributed by atoms with Crippen molar-refractivity contribution in [2.45, 2.75) is 36.2 Å². The van der Waals surface area contributed by atoms with Crippen LogP contribution >= 0.6 is 55.4 Å². The van der Waals surface area contributed by atoms with Gasteiger partial charge in [-0.1, -0.05) is 84.2 Å². The van der Waals surface area contributed by atoms with E-state index >= 15 is 0 Å². The van der Waals surface area contributed by atoms with Gasteiger partial charge in [0.05, 0.1) is 22.7 Å². The predicted molar refractivity (Wildman–Crippen MR) is 217 cm³/mol. The molecule has 4 aromatic carbocycles. The van der Waals surface area contributed by atoms with Gasteiger partial charge in [-0.15, -0.1) is 0 Å². The quantitative estimate of drug-likeness (QED) is 0.130. The normalized spacial score (nSPS) is 18.7. The van der Waals surface area contributed by atoms with Crippen LogP contribution in [0.3, 0.4) is 0 Å². The topological polar surface area (TPSA) is 124 Å². The van der Waals surface area contributed by atoms with Crippen LogP contribution in [0.1, 0.15) is 25.7 Å². The summed E-state index contributed by atoms with van der Waals surface area (Å²) < 4.78 is 1.51. The molecule has 4 amide bonds. The van der Waals surface area contributed by atoms with Crippen LogP contribution < -0.4 is 10.6 Å². The zero-order chi connectivity index (χ0) is 36.5. The lowest BCUT2D eigenvalue weighted by atomic mass is 10.2. The van der Waals surface area contributed by atoms with E-state index in [2.05, 4.69) is 42.5 Å². The number of hydrogen-bond acceptors (Lipinski definition) is 8. The van der Waals surface area contributed by atoms with Gasteiger partial charge in [-0.3, -0.25) is 29.0 Å². The van der Waals surface area contributed by atoms with E-state index < -0.39 is 10.5 Å². The second-order valence-electron chi connectivity index (χ2n) is 11.8. The molecule has 0 saturated carbocycles. The van der Waals surface area contributed by atoms with E-state index in [1.54, 1.807) is 21.9 Å². The molecule has 0 bridgehead atoms. The first-order valence-corrected chi connectivity index (χ1v) is 19.9. The largest absolute Gasteiger partial charge is 0.325 e. The Kier molecular flexibility index (Phi) is 13.0. The number of carbonyl (C=O) groups is 4. The van der Waals surface area contributed by atoms with Gasteiger partial charge in [0.15, 0.2) is 10.3 Å². The van der Waals surface area contributed by atoms with Crippen molar-refractivity contribution in [3.05, 3.63) is 118 Å². The monoisotopic (exact) mass is 860 g/mol. The first-order valence-electron chi connectivity index (χ1n) is 16.6. The molecule has 2 aliphatic rings. The van der Waals surface area contributed by atoms with Gasteiger partial charge in [-0.2, -0.15) is 0 Å². The maximum atomic E-state index is 13.7. The van der Waals surface area contributed by atoms with Crippen LogP contribution in [0.15, 0.2) is 128 Å². The molecular weight excluding hydrogens is 828 g/mol. The van der Waals surface area contributed by atoms with Crippen LogP contribution in [-0.2, 0) is 19.2 Å². The van der Waals surface area contributed by atoms with Gasteiger partial charge < -0.3 is 10.6 Å². The molecule has 0 unspecified atom stereocenters. The number of hydrogen-bond donors (Lipinski definition) is 2. The predicted octanol–water partition coefficient (Wildman–Crippen LogP) is 8.61. The van der Waals surface area contributed by atoms with Crippen LogP contribution in [0.4, 0.5) is 22.7 Å². The van der Waals surface area contributed by atoms with Crippen molar-refractivity contribution in [3.63, 3.8) is 0 Å². The molecule has 2 fully saturated rings. The molecule has 2 atom stereocenters. The van der Waals surface area contributed by atoms with Gasteiger partial charge in [-0.25, -0.2) is 9.98 Å². The van der Waals surface area contributed by atoms with Gasteiger partial charge in [0.2, 0.25) is 23.6 Å². The molecule has 14 heteroatoms. The lowest BCUT2D eigenvalue weighted by molar-refractivity contribution is -0.128. The Morgan fingerprint density at radius 2 is 0.942 bits per heavy atom. The Balaban J connectivity index is 1.11. The molecule has 4 aromatic rings. The number of nitrogens with one attached hydrogen (secondary N) is 2. The summed E-state index contributed by atoms with van der Waals surface area (Å²) in [5.41, 5.74) is 2.68. The van der Waals surface area contributed by atoms with Crippen molar-refractivity contribution < 1.29 is 19.2 Å². The number of benzene rings is 4. The van der Waals surface area contributed by atoms with Crippen LogP contribution in [0.25, 0.3) is 0 Å². The number of carbonyl (C=O) groups excluding carboxylic acids is 4. The minimum Gasteiger partial charge on any atom is -0.325 e. The third-order valence-corrected chi connectivity index (χ3v) is 11.8. The smallest absolute Gasteiger partial charge is 0.242 e. The zero-order valence-corrected chi connectivity index (χ0v) is 32.6. The molecule has 52 heavy (non-hydrogen) atoms. The fraction of sp³-hybridized carbons (Fsp3) is 0.211. The molecule has 266 valence electrons. The summed E-state index contributed by atoms with van der Waals surface area (Å²) in [5, 5.41) is 5.58. The van der Waals surface area contributed by atoms with E-state index in [4.69, 9.17) is 9.98 Å². The standard InChI is InChI=1S/C38H34Br2N6O4S2/c39-27-17-7-9-19-29(27)43-33(47)23-31-35(49)45(37(51-31)41-25-13-3-1-4-14-25)21-11-12-22-46-36(50)32(52-38(46)42-26-15-5-2-6-16-26)24-34(48)44-30-20-10-8-18-28(30)40/h1-10,13-20,31-32H,11-12,21-24H2,(H,43,47)(H,44,48)/t31-,32+. The zero-order valence-electron chi connectivity index (χ0n) is 27.8. The van der Waals surface area contributed by atoms with E-state index in [9.17, 15) is 19.2 Å². The highest BCUT2D eigenvalue weighted by Gasteiger charge is 2.41. The maximum Gasteiger partial charge on any atom is 0.242 e. The average Bonchev–Trinajstić information content (AvgIpc) is 3.58. The minimum absolute atomic E-state index is 0.00977. The van der Waals surface area contributed by atoms with Crippen LogP contribution in [-0.4, -0.2) is 67.4 Å². The number of thioether (sulfide) groups is 2. The number of aliphatic imine (C=N–C) groups is 2. The molecule has 0 radical (unpaired) electrons. The Morgan fingerprint density at radius 1 is 0.577 bits per heavy atom. The molecule has 0 spiro atoms. The molecule has 6 rings (SSSR count). The second kappa shape index (κ2) is 18.0. The van der Waals surface area contributed by atoms with Crippen LogP contribution in [0.5, 0.6) is 0 Å². The van der Waals surface area contributed by atoms with E-state index in [1.807, 2.05) is 97.1 Å². The van der Waals surface area contributed by atoms with E-state index in [1.165, 1.54) is 23.5 Å². The number of amidine groups is 2. The van der Waals surface area contributed by atoms with Crippen molar-refractivity contribution in [2.75, 3.05) is 23.7 Å². The Hall–Kier alpha value is -4.24. The van der Waals surface area contributed by atoms with Crippen LogP contribution in [0.2, 0.25) is 0 Å². The highest BCUT2D eigenvalue weighted by atomic mass is 79.9. The summed E-state index contributed by atoms with van der Waals surface area (Å²) >= 11 is 9.47. The number of rotatable bonds is 13. The summed E-state index contributed by atoms with van der Waals surface area (Å²) in [4.78, 5) is 66.3. The van der Waals surface area contributed by atoms with Crippen molar-refractivity contribution >= 4 is 112 Å². The summed E-state index contributed by atoms with van der Waals surface area (Å²) in [6.45, 7) is 0.718. The van der Waals surface area contributed by atoms with Crippen LogP contribution in [0, 0.1) is 0 Å². The first-order chi connectivity index (χ1) is 25.2. The van der Waals surface area contributed by atoms with Crippen molar-refractivity contribution in [3.8, 4) is 0 Å². The molecule has 10 nitrogen and oxygen atoms in total. The molecular formula is C38H34Br2N6O4S2. The molecule has 2 saturated heterocycles. The molecule has 2 aliphatic heterocycles. The number of nitrogens with zero attached hydrogens (tertiary/aromatic N) is 4. The lowest BCUT2D eigenvalue weighted by Gasteiger charge is -2.19. The first kappa shape index (κ1) is 37.5. The highest BCUT2D eigenvalue weighted by Crippen LogP contribution is 2.35. The number of amides is 4. The van der Waals surface area contributed by atoms with Gasteiger partial charge >= 0.3 is 0 Å². The van der Waals surface area contributed by atoms with Gasteiger partial charge in [0.25, 0.3) is 0 Å². The number of halogens is 2. The number of para-hydroxylation sites is 4. The number of unbranched alkanes of at least 4 members (excludes halogenated alkanes) is 1. The van der Waals surface area contributed by atoms with Crippen molar-refractivity contribution in [1.29, 1.82) is 0 Å². The third kappa shape index (κ3) is 9.79. The fourth-order valence-electron chi connectivity index (χ4n) is 5.49. The lowest BCUT2D eigenvalue weighted by Crippen LogP contribution is -2.36. The minimum atomic E-state index is -0.630. The highest BCUT2D eigenvalue weighted by molar-refractivity contribution is 9.11. The SMILES string of the molecule is O=C(C[C@@H]1SC(=Nc2ccccc2)N(CCCCN2C(=O)[C@@H](CC(=O)Nc3ccccc3Br)SC2=Nc2ccccc2)C1=O)Nc1ccccc1Br. The molecule has 0 aromatic heterocycles. The van der Waals surface area contributed by atoms with Crippen molar-refractivity contribution in [1.82, 2.24) is 9.80 Å². The molecule has 0 aliphatic carbocycles.